The van der Waals surface area contributed by atoms with Gasteiger partial charge in [0.05, 0.1) is 0 Å². The van der Waals surface area contributed by atoms with E-state index in [1.807, 2.05) is 48.5 Å². The van der Waals surface area contributed by atoms with Crippen LogP contribution in [0.2, 0.25) is 5.02 Å². The first-order valence-corrected chi connectivity index (χ1v) is 12.5. The van der Waals surface area contributed by atoms with Crippen LogP contribution in [-0.2, 0) is 9.57 Å². The lowest BCUT2D eigenvalue weighted by Gasteiger charge is -2.25. The highest BCUT2D eigenvalue weighted by Crippen LogP contribution is 2.26. The van der Waals surface area contributed by atoms with Gasteiger partial charge in [0, 0.05) is 30.6 Å². The molecule has 180 valence electrons. The predicted octanol–water partition coefficient (Wildman–Crippen LogP) is 5.80. The third kappa shape index (κ3) is 8.16. The molecule has 2 saturated heterocycles. The molecule has 0 bridgehead atoms. The van der Waals surface area contributed by atoms with Gasteiger partial charge in [-0.2, -0.15) is 5.48 Å². The van der Waals surface area contributed by atoms with Gasteiger partial charge in [0.25, 0.3) is 0 Å². The average Bonchev–Trinajstić information content (AvgIpc) is 3.30. The fourth-order valence-electron chi connectivity index (χ4n) is 4.28. The monoisotopic (exact) mass is 474 g/mol. The lowest BCUT2D eigenvalue weighted by molar-refractivity contribution is -0.196. The standard InChI is InChI=1S/C26H35ClN2O4/c27-21-8-10-24(11-9-21)32-25-14-12-23(13-15-25)31-20-22-6-5-18-29(22)17-3-2-16-28-33-26-7-1-4-19-30-26/h8-15,22,26,28H,1-7,16-20H2/t22-,26?/m0/s1. The molecule has 2 aromatic carbocycles. The van der Waals surface area contributed by atoms with Crippen LogP contribution in [0.15, 0.2) is 48.5 Å². The van der Waals surface area contributed by atoms with Gasteiger partial charge in [0.1, 0.15) is 23.9 Å². The SMILES string of the molecule is Clc1ccc(Oc2ccc(OC[C@@H]3CCCN3CCCCNOC3CCCCO3)cc2)cc1. The van der Waals surface area contributed by atoms with E-state index >= 15 is 0 Å². The Morgan fingerprint density at radius 2 is 1.67 bits per heavy atom. The summed E-state index contributed by atoms with van der Waals surface area (Å²) in [6.45, 7) is 4.65. The molecule has 0 spiro atoms. The van der Waals surface area contributed by atoms with E-state index in [0.717, 1.165) is 75.8 Å². The normalized spacial score (nSPS) is 21.2. The van der Waals surface area contributed by atoms with Gasteiger partial charge in [-0.15, -0.1) is 0 Å². The Morgan fingerprint density at radius 1 is 0.909 bits per heavy atom. The first-order valence-electron chi connectivity index (χ1n) is 12.2. The Morgan fingerprint density at radius 3 is 2.42 bits per heavy atom. The van der Waals surface area contributed by atoms with Crippen LogP contribution in [-0.4, -0.2) is 50.1 Å². The summed E-state index contributed by atoms with van der Waals surface area (Å²) in [5.74, 6) is 2.41. The van der Waals surface area contributed by atoms with E-state index in [9.17, 15) is 0 Å². The Labute approximate surface area is 202 Å². The number of halogens is 1. The largest absolute Gasteiger partial charge is 0.492 e. The number of nitrogens with zero attached hydrogens (tertiary/aromatic N) is 1. The van der Waals surface area contributed by atoms with Crippen LogP contribution in [0.3, 0.4) is 0 Å². The number of benzene rings is 2. The summed E-state index contributed by atoms with van der Waals surface area (Å²) in [4.78, 5) is 8.15. The van der Waals surface area contributed by atoms with Crippen molar-refractivity contribution >= 4 is 11.6 Å². The zero-order valence-corrected chi connectivity index (χ0v) is 20.0. The maximum absolute atomic E-state index is 6.09. The van der Waals surface area contributed by atoms with E-state index in [1.54, 1.807) is 0 Å². The molecule has 0 radical (unpaired) electrons. The molecule has 33 heavy (non-hydrogen) atoms. The number of hydrogen-bond acceptors (Lipinski definition) is 6. The summed E-state index contributed by atoms with van der Waals surface area (Å²) in [7, 11) is 0. The van der Waals surface area contributed by atoms with Crippen LogP contribution in [0, 0.1) is 0 Å². The zero-order valence-electron chi connectivity index (χ0n) is 19.2. The number of hydroxylamine groups is 1. The van der Waals surface area contributed by atoms with Crippen LogP contribution < -0.4 is 15.0 Å². The highest BCUT2D eigenvalue weighted by molar-refractivity contribution is 6.30. The molecule has 6 nitrogen and oxygen atoms in total. The molecule has 1 N–H and O–H groups in total. The molecule has 2 aliphatic rings. The second-order valence-corrected chi connectivity index (χ2v) is 9.12. The minimum absolute atomic E-state index is 0.0723. The molecule has 2 aliphatic heterocycles. The van der Waals surface area contributed by atoms with Gasteiger partial charge in [-0.3, -0.25) is 9.74 Å². The Kier molecular flexibility index (Phi) is 9.69. The minimum atomic E-state index is -0.0723. The van der Waals surface area contributed by atoms with E-state index < -0.39 is 0 Å². The third-order valence-corrected chi connectivity index (χ3v) is 6.39. The van der Waals surface area contributed by atoms with Crippen LogP contribution in [0.5, 0.6) is 17.2 Å². The molecule has 0 aromatic heterocycles. The quantitative estimate of drug-likeness (QED) is 0.310. The molecule has 4 rings (SSSR count). The highest BCUT2D eigenvalue weighted by Gasteiger charge is 2.24. The zero-order chi connectivity index (χ0) is 22.7. The summed E-state index contributed by atoms with van der Waals surface area (Å²) in [6, 6.07) is 15.6. The second-order valence-electron chi connectivity index (χ2n) is 8.69. The molecular formula is C26H35ClN2O4. The van der Waals surface area contributed by atoms with Crippen molar-refractivity contribution in [1.29, 1.82) is 0 Å². The third-order valence-electron chi connectivity index (χ3n) is 6.14. The van der Waals surface area contributed by atoms with E-state index in [-0.39, 0.29) is 6.29 Å². The molecule has 1 unspecified atom stereocenters. The van der Waals surface area contributed by atoms with Crippen molar-refractivity contribution in [2.24, 2.45) is 0 Å². The fraction of sp³-hybridized carbons (Fsp3) is 0.538. The van der Waals surface area contributed by atoms with Crippen molar-refractivity contribution in [3.05, 3.63) is 53.6 Å². The second kappa shape index (κ2) is 13.2. The van der Waals surface area contributed by atoms with Crippen molar-refractivity contribution in [2.75, 3.05) is 32.8 Å². The lowest BCUT2D eigenvalue weighted by Crippen LogP contribution is -2.35. The van der Waals surface area contributed by atoms with Crippen LogP contribution >= 0.6 is 11.6 Å². The van der Waals surface area contributed by atoms with Crippen molar-refractivity contribution in [1.82, 2.24) is 10.4 Å². The predicted molar refractivity (Wildman–Crippen MR) is 130 cm³/mol. The minimum Gasteiger partial charge on any atom is -0.492 e. The molecule has 2 aromatic rings. The molecule has 7 heteroatoms. The van der Waals surface area contributed by atoms with Crippen molar-refractivity contribution in [3.63, 3.8) is 0 Å². The van der Waals surface area contributed by atoms with Gasteiger partial charge < -0.3 is 14.2 Å². The molecular weight excluding hydrogens is 440 g/mol. The summed E-state index contributed by atoms with van der Waals surface area (Å²) in [5, 5.41) is 0.697. The van der Waals surface area contributed by atoms with Crippen molar-refractivity contribution < 1.29 is 19.0 Å². The molecule has 2 heterocycles. The van der Waals surface area contributed by atoms with Crippen LogP contribution in [0.4, 0.5) is 0 Å². The van der Waals surface area contributed by atoms with Gasteiger partial charge in [-0.05, 0) is 100 Å². The van der Waals surface area contributed by atoms with E-state index in [4.69, 9.17) is 30.6 Å². The van der Waals surface area contributed by atoms with E-state index in [1.165, 1.54) is 19.3 Å². The number of nitrogens with one attached hydrogen (secondary N) is 1. The topological polar surface area (TPSA) is 52.2 Å². The smallest absolute Gasteiger partial charge is 0.177 e. The summed E-state index contributed by atoms with van der Waals surface area (Å²) >= 11 is 5.92. The number of hydrogen-bond donors (Lipinski definition) is 1. The number of unbranched alkanes of at least 4 members (excludes halogenated alkanes) is 1. The number of likely N-dealkylation sites (tertiary alicyclic amines) is 1. The number of ether oxygens (including phenoxy) is 3. The summed E-state index contributed by atoms with van der Waals surface area (Å²) in [6.07, 6.45) is 7.91. The highest BCUT2D eigenvalue weighted by atomic mass is 35.5. The Balaban J connectivity index is 1.11. The average molecular weight is 475 g/mol. The van der Waals surface area contributed by atoms with Crippen LogP contribution in [0.1, 0.15) is 44.9 Å². The van der Waals surface area contributed by atoms with Gasteiger partial charge in [0.2, 0.25) is 0 Å². The fourth-order valence-corrected chi connectivity index (χ4v) is 4.41. The first-order chi connectivity index (χ1) is 16.3. The van der Waals surface area contributed by atoms with Crippen molar-refractivity contribution in [2.45, 2.75) is 57.3 Å². The molecule has 0 amide bonds. The number of rotatable bonds is 12. The van der Waals surface area contributed by atoms with Gasteiger partial charge in [-0.25, -0.2) is 0 Å². The van der Waals surface area contributed by atoms with Gasteiger partial charge in [-0.1, -0.05) is 11.6 Å². The summed E-state index contributed by atoms with van der Waals surface area (Å²) < 4.78 is 17.5. The van der Waals surface area contributed by atoms with Crippen molar-refractivity contribution in [3.8, 4) is 17.2 Å². The molecule has 2 fully saturated rings. The lowest BCUT2D eigenvalue weighted by atomic mass is 10.2. The maximum Gasteiger partial charge on any atom is 0.177 e. The summed E-state index contributed by atoms with van der Waals surface area (Å²) in [5.41, 5.74) is 3.08. The molecule has 0 aliphatic carbocycles. The molecule has 2 atom stereocenters. The maximum atomic E-state index is 6.09. The van der Waals surface area contributed by atoms with E-state index in [2.05, 4.69) is 10.4 Å². The van der Waals surface area contributed by atoms with Gasteiger partial charge in [0.15, 0.2) is 6.29 Å². The first kappa shape index (κ1) is 24.3. The van der Waals surface area contributed by atoms with E-state index in [0.29, 0.717) is 11.1 Å². The van der Waals surface area contributed by atoms with Gasteiger partial charge >= 0.3 is 0 Å². The van der Waals surface area contributed by atoms with Crippen LogP contribution in [0.25, 0.3) is 0 Å². The Bertz CT molecular complexity index is 812. The Hall–Kier alpha value is -1.83. The molecule has 0 saturated carbocycles.